The molecule has 0 saturated carbocycles. The van der Waals surface area contributed by atoms with Crippen molar-refractivity contribution in [1.29, 1.82) is 0 Å². The highest BCUT2D eigenvalue weighted by Crippen LogP contribution is 2.31. The predicted octanol–water partition coefficient (Wildman–Crippen LogP) is 4.86. The average molecular weight is 377 g/mol. The second-order valence-electron chi connectivity index (χ2n) is 6.89. The Morgan fingerprint density at radius 3 is 2.38 bits per heavy atom. The Balaban J connectivity index is 2.16. The molecule has 0 aliphatic heterocycles. The molecule has 142 valence electrons. The van der Waals surface area contributed by atoms with Crippen molar-refractivity contribution in [2.75, 3.05) is 7.11 Å². The number of rotatable bonds is 7. The van der Waals surface area contributed by atoms with E-state index in [1.165, 1.54) is 11.3 Å². The largest absolute Gasteiger partial charge is 0.493 e. The second kappa shape index (κ2) is 8.54. The molecule has 0 spiro atoms. The van der Waals surface area contributed by atoms with Crippen LogP contribution in [0, 0.1) is 6.92 Å². The topological polar surface area (TPSA) is 60.5 Å². The van der Waals surface area contributed by atoms with E-state index in [4.69, 9.17) is 9.47 Å². The smallest absolute Gasteiger partial charge is 0.263 e. The minimum Gasteiger partial charge on any atom is -0.493 e. The van der Waals surface area contributed by atoms with E-state index in [-0.39, 0.29) is 18.1 Å². The lowest BCUT2D eigenvalue weighted by atomic mass is 10.1. The minimum atomic E-state index is -0.159. The molecule has 1 atom stereocenters. The summed E-state index contributed by atoms with van der Waals surface area (Å²) in [6.45, 7) is 11.9. The van der Waals surface area contributed by atoms with Gasteiger partial charge in [-0.3, -0.25) is 4.79 Å². The maximum atomic E-state index is 12.7. The van der Waals surface area contributed by atoms with E-state index in [9.17, 15) is 4.79 Å². The van der Waals surface area contributed by atoms with Gasteiger partial charge in [0.15, 0.2) is 11.5 Å². The van der Waals surface area contributed by atoms with E-state index >= 15 is 0 Å². The maximum absolute atomic E-state index is 12.7. The van der Waals surface area contributed by atoms with Gasteiger partial charge in [-0.15, -0.1) is 11.3 Å². The molecule has 1 N–H and O–H groups in total. The number of aryl methyl sites for hydroxylation is 1. The van der Waals surface area contributed by atoms with Gasteiger partial charge in [0.1, 0.15) is 4.88 Å². The number of benzene rings is 1. The second-order valence-corrected chi connectivity index (χ2v) is 7.92. The van der Waals surface area contributed by atoms with E-state index in [2.05, 4.69) is 24.1 Å². The van der Waals surface area contributed by atoms with Crippen LogP contribution in [0.1, 0.15) is 72.5 Å². The standard InChI is InChI=1S/C20H28N2O3S/c1-11(2)20-22-14(6)18(26-20)19(23)21-13(5)15-8-9-16(25-12(3)4)17(10-15)24-7/h8-13H,1-7H3,(H,21,23). The summed E-state index contributed by atoms with van der Waals surface area (Å²) in [7, 11) is 1.61. The van der Waals surface area contributed by atoms with E-state index < -0.39 is 0 Å². The molecule has 0 fully saturated rings. The van der Waals surface area contributed by atoms with Gasteiger partial charge >= 0.3 is 0 Å². The summed E-state index contributed by atoms with van der Waals surface area (Å²) in [5.41, 5.74) is 1.74. The minimum absolute atomic E-state index is 0.0660. The SMILES string of the molecule is COc1cc(C(C)NC(=O)c2sc(C(C)C)nc2C)ccc1OC(C)C. The molecule has 0 radical (unpaired) electrons. The number of aromatic nitrogens is 1. The van der Waals surface area contributed by atoms with E-state index in [0.29, 0.717) is 22.3 Å². The Morgan fingerprint density at radius 1 is 1.15 bits per heavy atom. The lowest BCUT2D eigenvalue weighted by Crippen LogP contribution is -2.26. The van der Waals surface area contributed by atoms with Crippen molar-refractivity contribution in [3.05, 3.63) is 39.3 Å². The molecule has 1 heterocycles. The highest BCUT2D eigenvalue weighted by atomic mass is 32.1. The molecule has 1 aromatic carbocycles. The highest BCUT2D eigenvalue weighted by Gasteiger charge is 2.19. The Kier molecular flexibility index (Phi) is 6.64. The fraction of sp³-hybridized carbons (Fsp3) is 0.500. The van der Waals surface area contributed by atoms with Gasteiger partial charge in [0.2, 0.25) is 0 Å². The van der Waals surface area contributed by atoms with Gasteiger partial charge < -0.3 is 14.8 Å². The van der Waals surface area contributed by atoms with Gasteiger partial charge in [-0.25, -0.2) is 4.98 Å². The quantitative estimate of drug-likeness (QED) is 0.749. The third-order valence-electron chi connectivity index (χ3n) is 3.91. The van der Waals surface area contributed by atoms with Crippen LogP contribution < -0.4 is 14.8 Å². The Morgan fingerprint density at radius 2 is 1.85 bits per heavy atom. The van der Waals surface area contributed by atoms with Gasteiger partial charge in [0.25, 0.3) is 5.91 Å². The van der Waals surface area contributed by atoms with Crippen molar-refractivity contribution < 1.29 is 14.3 Å². The number of nitrogens with one attached hydrogen (secondary N) is 1. The number of carbonyl (C=O) groups is 1. The molecule has 0 saturated heterocycles. The summed E-state index contributed by atoms with van der Waals surface area (Å²) in [4.78, 5) is 17.8. The zero-order valence-corrected chi connectivity index (χ0v) is 17.4. The number of amides is 1. The van der Waals surface area contributed by atoms with E-state index in [1.807, 2.05) is 45.9 Å². The average Bonchev–Trinajstić information content (AvgIpc) is 2.96. The zero-order chi connectivity index (χ0) is 19.4. The number of ether oxygens (including phenoxy) is 2. The third kappa shape index (κ3) is 4.75. The van der Waals surface area contributed by atoms with Gasteiger partial charge in [0.05, 0.1) is 30.0 Å². The molecule has 0 aliphatic rings. The fourth-order valence-corrected chi connectivity index (χ4v) is 3.50. The molecule has 1 aromatic heterocycles. The summed E-state index contributed by atoms with van der Waals surface area (Å²) in [5, 5.41) is 4.04. The van der Waals surface area contributed by atoms with Crippen molar-refractivity contribution in [2.45, 2.75) is 59.6 Å². The molecular formula is C20H28N2O3S. The first-order valence-corrected chi connectivity index (χ1v) is 9.67. The monoisotopic (exact) mass is 376 g/mol. The molecule has 2 rings (SSSR count). The summed E-state index contributed by atoms with van der Waals surface area (Å²) in [6, 6.07) is 5.57. The van der Waals surface area contributed by atoms with Crippen LogP contribution in [0.2, 0.25) is 0 Å². The molecule has 0 bridgehead atoms. The van der Waals surface area contributed by atoms with E-state index in [1.54, 1.807) is 7.11 Å². The molecule has 0 aliphatic carbocycles. The van der Waals surface area contributed by atoms with Crippen LogP contribution in [0.3, 0.4) is 0 Å². The predicted molar refractivity (Wildman–Crippen MR) is 106 cm³/mol. The van der Waals surface area contributed by atoms with Crippen LogP contribution in [0.25, 0.3) is 0 Å². The molecule has 1 unspecified atom stereocenters. The molecule has 5 nitrogen and oxygen atoms in total. The summed E-state index contributed by atoms with van der Waals surface area (Å²) in [6.07, 6.45) is 0.0660. The summed E-state index contributed by atoms with van der Waals surface area (Å²) in [5.74, 6) is 1.58. The number of carbonyl (C=O) groups excluding carboxylic acids is 1. The highest BCUT2D eigenvalue weighted by molar-refractivity contribution is 7.13. The van der Waals surface area contributed by atoms with Crippen molar-refractivity contribution in [1.82, 2.24) is 10.3 Å². The third-order valence-corrected chi connectivity index (χ3v) is 5.37. The molecule has 1 amide bonds. The van der Waals surface area contributed by atoms with Crippen LogP contribution in [0.5, 0.6) is 11.5 Å². The lowest BCUT2D eigenvalue weighted by Gasteiger charge is -2.18. The summed E-state index contributed by atoms with van der Waals surface area (Å²) >= 11 is 1.46. The van der Waals surface area contributed by atoms with Crippen LogP contribution in [-0.4, -0.2) is 24.1 Å². The number of hydrogen-bond acceptors (Lipinski definition) is 5. The zero-order valence-electron chi connectivity index (χ0n) is 16.5. The lowest BCUT2D eigenvalue weighted by molar-refractivity contribution is 0.0943. The van der Waals surface area contributed by atoms with Crippen LogP contribution >= 0.6 is 11.3 Å². The van der Waals surface area contributed by atoms with E-state index in [0.717, 1.165) is 16.3 Å². The van der Waals surface area contributed by atoms with Crippen LogP contribution in [0.4, 0.5) is 0 Å². The van der Waals surface area contributed by atoms with Gasteiger partial charge in [0, 0.05) is 5.92 Å². The normalized spacial score (nSPS) is 12.3. The van der Waals surface area contributed by atoms with Gasteiger partial charge in [-0.2, -0.15) is 0 Å². The number of thiazole rings is 1. The Hall–Kier alpha value is -2.08. The first-order chi connectivity index (χ1) is 12.2. The maximum Gasteiger partial charge on any atom is 0.263 e. The Labute approximate surface area is 159 Å². The number of methoxy groups -OCH3 is 1. The fourth-order valence-electron chi connectivity index (χ4n) is 2.53. The van der Waals surface area contributed by atoms with Crippen molar-refractivity contribution in [2.24, 2.45) is 0 Å². The molecular weight excluding hydrogens is 348 g/mol. The van der Waals surface area contributed by atoms with Crippen molar-refractivity contribution in [3.63, 3.8) is 0 Å². The van der Waals surface area contributed by atoms with Crippen LogP contribution in [-0.2, 0) is 0 Å². The van der Waals surface area contributed by atoms with Crippen LogP contribution in [0.15, 0.2) is 18.2 Å². The van der Waals surface area contributed by atoms with Gasteiger partial charge in [-0.05, 0) is 45.4 Å². The number of nitrogens with zero attached hydrogens (tertiary/aromatic N) is 1. The first-order valence-electron chi connectivity index (χ1n) is 8.85. The molecule has 26 heavy (non-hydrogen) atoms. The number of hydrogen-bond donors (Lipinski definition) is 1. The molecule has 6 heteroatoms. The van der Waals surface area contributed by atoms with Gasteiger partial charge in [-0.1, -0.05) is 19.9 Å². The van der Waals surface area contributed by atoms with Crippen molar-refractivity contribution >= 4 is 17.2 Å². The van der Waals surface area contributed by atoms with Crippen molar-refractivity contribution in [3.8, 4) is 11.5 Å². The first kappa shape index (κ1) is 20.2. The summed E-state index contributed by atoms with van der Waals surface area (Å²) < 4.78 is 11.2. The molecule has 2 aromatic rings. The Bertz CT molecular complexity index is 768.